The third-order valence-electron chi connectivity index (χ3n) is 2.63. The lowest BCUT2D eigenvalue weighted by Gasteiger charge is -2.15. The molecule has 0 spiro atoms. The third kappa shape index (κ3) is 6.47. The van der Waals surface area contributed by atoms with Crippen molar-refractivity contribution in [2.45, 2.75) is 51.4 Å². The summed E-state index contributed by atoms with van der Waals surface area (Å²) in [7, 11) is 0. The van der Waals surface area contributed by atoms with Gasteiger partial charge in [-0.15, -0.1) is 0 Å². The van der Waals surface area contributed by atoms with Crippen molar-refractivity contribution in [2.75, 3.05) is 0 Å². The van der Waals surface area contributed by atoms with Crippen molar-refractivity contribution in [3.8, 4) is 5.75 Å². The van der Waals surface area contributed by atoms with E-state index in [0.717, 1.165) is 5.56 Å². The predicted molar refractivity (Wildman–Crippen MR) is 69.0 cm³/mol. The summed E-state index contributed by atoms with van der Waals surface area (Å²) in [5, 5.41) is 0. The highest BCUT2D eigenvalue weighted by Gasteiger charge is 2.26. The highest BCUT2D eigenvalue weighted by atomic mass is 19.4. The fourth-order valence-electron chi connectivity index (χ4n) is 1.78. The summed E-state index contributed by atoms with van der Waals surface area (Å²) in [6.45, 7) is 3.83. The molecule has 2 nitrogen and oxygen atoms in total. The molecule has 1 aromatic rings. The zero-order chi connectivity index (χ0) is 14.5. The molecule has 0 aliphatic carbocycles. The Morgan fingerprint density at radius 3 is 2.53 bits per heavy atom. The van der Waals surface area contributed by atoms with Crippen molar-refractivity contribution in [1.29, 1.82) is 0 Å². The van der Waals surface area contributed by atoms with Gasteiger partial charge in [-0.05, 0) is 44.4 Å². The molecular formula is C14H20F3NO. The van der Waals surface area contributed by atoms with Crippen LogP contribution in [0.3, 0.4) is 0 Å². The molecule has 0 fully saturated rings. The molecule has 19 heavy (non-hydrogen) atoms. The van der Waals surface area contributed by atoms with E-state index in [1.54, 1.807) is 12.1 Å². The van der Waals surface area contributed by atoms with Gasteiger partial charge >= 0.3 is 6.18 Å². The van der Waals surface area contributed by atoms with Gasteiger partial charge < -0.3 is 10.5 Å². The standard InChI is InChI=1S/C14H20F3NO/c1-10(2)19-12-6-3-5-11(9-12)13(18)7-4-8-14(15,16)17/h3,5-6,9-10,13H,4,7-8,18H2,1-2H3. The number of nitrogens with two attached hydrogens (primary N) is 1. The first kappa shape index (κ1) is 15.8. The molecule has 1 aromatic carbocycles. The normalized spacial score (nSPS) is 13.6. The van der Waals surface area contributed by atoms with Crippen molar-refractivity contribution in [1.82, 2.24) is 0 Å². The van der Waals surface area contributed by atoms with E-state index in [2.05, 4.69) is 0 Å². The van der Waals surface area contributed by atoms with Gasteiger partial charge in [-0.1, -0.05) is 12.1 Å². The third-order valence-corrected chi connectivity index (χ3v) is 2.63. The minimum atomic E-state index is -4.11. The van der Waals surface area contributed by atoms with E-state index >= 15 is 0 Å². The number of benzene rings is 1. The van der Waals surface area contributed by atoms with Gasteiger partial charge in [0, 0.05) is 12.5 Å². The molecule has 1 atom stereocenters. The van der Waals surface area contributed by atoms with E-state index in [-0.39, 0.29) is 12.5 Å². The van der Waals surface area contributed by atoms with E-state index in [9.17, 15) is 13.2 Å². The molecule has 108 valence electrons. The number of alkyl halides is 3. The van der Waals surface area contributed by atoms with E-state index in [0.29, 0.717) is 12.2 Å². The number of hydrogen-bond donors (Lipinski definition) is 1. The maximum absolute atomic E-state index is 12.1. The Hall–Kier alpha value is -1.23. The van der Waals surface area contributed by atoms with Gasteiger partial charge in [-0.3, -0.25) is 0 Å². The van der Waals surface area contributed by atoms with Crippen LogP contribution in [0.15, 0.2) is 24.3 Å². The number of halogens is 3. The average Bonchev–Trinajstić information content (AvgIpc) is 2.26. The molecule has 0 bridgehead atoms. The van der Waals surface area contributed by atoms with E-state index < -0.39 is 18.6 Å². The summed E-state index contributed by atoms with van der Waals surface area (Å²) >= 11 is 0. The molecule has 2 N–H and O–H groups in total. The van der Waals surface area contributed by atoms with E-state index in [1.165, 1.54) is 0 Å². The smallest absolute Gasteiger partial charge is 0.389 e. The molecular weight excluding hydrogens is 255 g/mol. The van der Waals surface area contributed by atoms with Crippen LogP contribution in [0.4, 0.5) is 13.2 Å². The van der Waals surface area contributed by atoms with Crippen molar-refractivity contribution in [2.24, 2.45) is 5.73 Å². The quantitative estimate of drug-likeness (QED) is 0.844. The average molecular weight is 275 g/mol. The second-order valence-electron chi connectivity index (χ2n) is 4.85. The minimum Gasteiger partial charge on any atom is -0.491 e. The van der Waals surface area contributed by atoms with Crippen LogP contribution >= 0.6 is 0 Å². The number of rotatable bonds is 6. The Bertz CT molecular complexity index is 391. The Balaban J connectivity index is 2.54. The molecule has 0 aromatic heterocycles. The largest absolute Gasteiger partial charge is 0.491 e. The van der Waals surface area contributed by atoms with Crippen molar-refractivity contribution >= 4 is 0 Å². The Morgan fingerprint density at radius 1 is 1.26 bits per heavy atom. The lowest BCUT2D eigenvalue weighted by atomic mass is 10.0. The highest BCUT2D eigenvalue weighted by Crippen LogP contribution is 2.26. The van der Waals surface area contributed by atoms with E-state index in [4.69, 9.17) is 10.5 Å². The summed E-state index contributed by atoms with van der Waals surface area (Å²) in [4.78, 5) is 0. The number of hydrogen-bond acceptors (Lipinski definition) is 2. The highest BCUT2D eigenvalue weighted by molar-refractivity contribution is 5.30. The summed E-state index contributed by atoms with van der Waals surface area (Å²) in [5.41, 5.74) is 6.71. The maximum Gasteiger partial charge on any atom is 0.389 e. The van der Waals surface area contributed by atoms with Crippen molar-refractivity contribution < 1.29 is 17.9 Å². The summed E-state index contributed by atoms with van der Waals surface area (Å²) in [5.74, 6) is 0.693. The molecule has 0 saturated carbocycles. The zero-order valence-corrected chi connectivity index (χ0v) is 11.2. The van der Waals surface area contributed by atoms with Gasteiger partial charge in [-0.2, -0.15) is 13.2 Å². The molecule has 0 radical (unpaired) electrons. The van der Waals surface area contributed by atoms with Gasteiger partial charge in [-0.25, -0.2) is 0 Å². The molecule has 0 heterocycles. The molecule has 0 aliphatic heterocycles. The fourth-order valence-corrected chi connectivity index (χ4v) is 1.78. The van der Waals surface area contributed by atoms with Crippen molar-refractivity contribution in [3.05, 3.63) is 29.8 Å². The van der Waals surface area contributed by atoms with Crippen LogP contribution in [0, 0.1) is 0 Å². The Labute approximate surface area is 111 Å². The van der Waals surface area contributed by atoms with E-state index in [1.807, 2.05) is 26.0 Å². The summed E-state index contributed by atoms with van der Waals surface area (Å²) < 4.78 is 41.7. The Morgan fingerprint density at radius 2 is 1.95 bits per heavy atom. The fraction of sp³-hybridized carbons (Fsp3) is 0.571. The summed E-state index contributed by atoms with van der Waals surface area (Å²) in [6, 6.07) is 6.82. The molecule has 1 unspecified atom stereocenters. The monoisotopic (exact) mass is 275 g/mol. The first-order valence-corrected chi connectivity index (χ1v) is 6.37. The number of ether oxygens (including phenoxy) is 1. The van der Waals surface area contributed by atoms with Crippen LogP contribution in [0.25, 0.3) is 0 Å². The second-order valence-corrected chi connectivity index (χ2v) is 4.85. The first-order valence-electron chi connectivity index (χ1n) is 6.37. The molecule has 0 aliphatic rings. The lowest BCUT2D eigenvalue weighted by Crippen LogP contribution is -2.13. The van der Waals surface area contributed by atoms with Crippen LogP contribution < -0.4 is 10.5 Å². The van der Waals surface area contributed by atoms with Gasteiger partial charge in [0.05, 0.1) is 6.10 Å². The lowest BCUT2D eigenvalue weighted by molar-refractivity contribution is -0.135. The van der Waals surface area contributed by atoms with Gasteiger partial charge in [0.1, 0.15) is 5.75 Å². The molecule has 1 rings (SSSR count). The van der Waals surface area contributed by atoms with Crippen molar-refractivity contribution in [3.63, 3.8) is 0 Å². The van der Waals surface area contributed by atoms with Crippen LogP contribution in [-0.4, -0.2) is 12.3 Å². The topological polar surface area (TPSA) is 35.2 Å². The van der Waals surface area contributed by atoms with Gasteiger partial charge in [0.15, 0.2) is 0 Å². The van der Waals surface area contributed by atoms with Crippen LogP contribution in [-0.2, 0) is 0 Å². The zero-order valence-electron chi connectivity index (χ0n) is 11.2. The van der Waals surface area contributed by atoms with Crippen LogP contribution in [0.1, 0.15) is 44.7 Å². The van der Waals surface area contributed by atoms with Crippen LogP contribution in [0.2, 0.25) is 0 Å². The molecule has 0 amide bonds. The predicted octanol–water partition coefficient (Wildman–Crippen LogP) is 4.21. The first-order chi connectivity index (χ1) is 8.78. The molecule has 5 heteroatoms. The van der Waals surface area contributed by atoms with Gasteiger partial charge in [0.2, 0.25) is 0 Å². The second kappa shape index (κ2) is 6.80. The van der Waals surface area contributed by atoms with Crippen LogP contribution in [0.5, 0.6) is 5.75 Å². The van der Waals surface area contributed by atoms with Gasteiger partial charge in [0.25, 0.3) is 0 Å². The SMILES string of the molecule is CC(C)Oc1cccc(C(N)CCCC(F)(F)F)c1. The molecule has 0 saturated heterocycles. The Kier molecular flexibility index (Phi) is 5.66. The maximum atomic E-state index is 12.1. The minimum absolute atomic E-state index is 0.0416. The summed E-state index contributed by atoms with van der Waals surface area (Å²) in [6.07, 6.45) is -4.49.